The van der Waals surface area contributed by atoms with Crippen molar-refractivity contribution in [2.45, 2.75) is 117 Å². The summed E-state index contributed by atoms with van der Waals surface area (Å²) < 4.78 is 1.92. The molecule has 8 aliphatic carbocycles. The first-order valence-corrected chi connectivity index (χ1v) is 23.5. The van der Waals surface area contributed by atoms with E-state index in [0.29, 0.717) is 23.3 Å². The van der Waals surface area contributed by atoms with Crippen molar-refractivity contribution in [3.8, 4) is 11.3 Å². The SMILES string of the molecule is CC1(C)C2CC=C(C=O)C1C2.CC1(C)C2Cc3cc(-c4ccc5c(c4)CCCC5)ncc3C1C2.O=C(C[n+]1ccccc1)c1ccc2c(c1)CCCC2.[B]B([B])[B].[B][B]B([B])[B].[B][B][B].[I-]. The number of Topliss-reactive ketones (excluding diaryl/α,β-unsaturated/α-hetero) is 1. The van der Waals surface area contributed by atoms with Crippen LogP contribution >= 0.6 is 0 Å². The minimum Gasteiger partial charge on any atom is -1.00 e. The van der Waals surface area contributed by atoms with Gasteiger partial charge in [-0.15, -0.1) is 0 Å². The summed E-state index contributed by atoms with van der Waals surface area (Å²) in [6, 6.07) is 21.5. The van der Waals surface area contributed by atoms with Crippen molar-refractivity contribution < 1.29 is 38.1 Å². The number of ketones is 1. The van der Waals surface area contributed by atoms with Crippen molar-refractivity contribution in [1.29, 1.82) is 0 Å². The molecule has 0 amide bonds. The van der Waals surface area contributed by atoms with E-state index in [9.17, 15) is 9.59 Å². The highest BCUT2D eigenvalue weighted by Gasteiger charge is 2.53. The number of aromatic nitrogens is 2. The molecule has 18 radical (unpaired) electrons. The average Bonchev–Trinajstić information content (AvgIpc) is 3.31. The molecule has 2 saturated carbocycles. The number of carbonyl (C=O) groups is 2. The van der Waals surface area contributed by atoms with Crippen LogP contribution in [0.5, 0.6) is 0 Å². The van der Waals surface area contributed by atoms with Crippen LogP contribution in [0.25, 0.3) is 11.3 Å². The normalized spacial score (nSPS) is 20.9. The van der Waals surface area contributed by atoms with Crippen LogP contribution in [0.3, 0.4) is 0 Å². The van der Waals surface area contributed by atoms with Gasteiger partial charge in [0.25, 0.3) is 0 Å². The highest BCUT2D eigenvalue weighted by Crippen LogP contribution is 2.62. The maximum absolute atomic E-state index is 12.3. The van der Waals surface area contributed by atoms with Crippen LogP contribution in [0.2, 0.25) is 0 Å². The van der Waals surface area contributed by atoms with Crippen molar-refractivity contribution in [2.75, 3.05) is 0 Å². The Hall–Kier alpha value is -2.67. The Balaban J connectivity index is 0.000000199. The smallest absolute Gasteiger partial charge is 0.227 e. The molecule has 318 valence electrons. The summed E-state index contributed by atoms with van der Waals surface area (Å²) in [5.41, 5.74) is 14.3. The minimum atomic E-state index is -0.667. The third-order valence-electron chi connectivity index (χ3n) is 14.6. The average molecular weight is 963 g/mol. The van der Waals surface area contributed by atoms with E-state index in [1.54, 1.807) is 16.7 Å². The van der Waals surface area contributed by atoms with Gasteiger partial charge in [0.05, 0.1) is 5.69 Å². The first kappa shape index (κ1) is 55.9. The van der Waals surface area contributed by atoms with Gasteiger partial charge in [0.2, 0.25) is 12.3 Å². The third kappa shape index (κ3) is 14.7. The monoisotopic (exact) mass is 964 g/mol. The fraction of sp³-hybridized carbons (Fsp3) is 0.469. The van der Waals surface area contributed by atoms with Crippen LogP contribution in [-0.2, 0) is 43.4 Å². The molecule has 2 aromatic carbocycles. The molecule has 4 unspecified atom stereocenters. The van der Waals surface area contributed by atoms with Crippen molar-refractivity contribution in [1.82, 2.24) is 4.98 Å². The molecule has 0 aliphatic heterocycles. The number of hydrogen-bond donors (Lipinski definition) is 0. The van der Waals surface area contributed by atoms with Crippen LogP contribution in [-0.4, -0.2) is 106 Å². The van der Waals surface area contributed by atoms with Crippen LogP contribution in [0, 0.1) is 28.6 Å². The fourth-order valence-electron chi connectivity index (χ4n) is 10.4. The van der Waals surface area contributed by atoms with E-state index in [1.165, 1.54) is 92.8 Å². The molecule has 0 N–H and O–H groups in total. The number of halogens is 1. The number of fused-ring (bicyclic) bond motifs is 3. The summed E-state index contributed by atoms with van der Waals surface area (Å²) in [5, 5.41) is 0. The van der Waals surface area contributed by atoms with E-state index in [1.807, 2.05) is 41.2 Å². The van der Waals surface area contributed by atoms with Gasteiger partial charge in [-0.05, 0) is 169 Å². The van der Waals surface area contributed by atoms with Gasteiger partial charge in [-0.25, -0.2) is 0 Å². The molecule has 66 heavy (non-hydrogen) atoms. The van der Waals surface area contributed by atoms with Crippen molar-refractivity contribution in [3.05, 3.63) is 130 Å². The van der Waals surface area contributed by atoms with Crippen LogP contribution in [0.1, 0.15) is 122 Å². The maximum atomic E-state index is 12.3. The van der Waals surface area contributed by atoms with Crippen molar-refractivity contribution in [3.63, 3.8) is 0 Å². The molecule has 0 saturated heterocycles. The lowest BCUT2D eigenvalue weighted by Gasteiger charge is -2.57. The first-order chi connectivity index (χ1) is 31.0. The van der Waals surface area contributed by atoms with Gasteiger partial charge >= 0.3 is 0 Å². The molecule has 2 fully saturated rings. The zero-order valence-electron chi connectivity index (χ0n) is 39.7. The van der Waals surface area contributed by atoms with Gasteiger partial charge < -0.3 is 24.0 Å². The van der Waals surface area contributed by atoms with Gasteiger partial charge in [0.1, 0.15) is 6.29 Å². The third-order valence-corrected chi connectivity index (χ3v) is 14.6. The lowest BCUT2D eigenvalue weighted by molar-refractivity contribution is -0.683. The van der Waals surface area contributed by atoms with Crippen LogP contribution in [0.15, 0.2) is 90.9 Å². The topological polar surface area (TPSA) is 50.9 Å². The summed E-state index contributed by atoms with van der Waals surface area (Å²) in [7, 11) is 39.8. The largest absolute Gasteiger partial charge is 1.00 e. The van der Waals surface area contributed by atoms with Crippen LogP contribution in [0.4, 0.5) is 0 Å². The second-order valence-corrected chi connectivity index (χ2v) is 19.5. The zero-order chi connectivity index (χ0) is 47.3. The van der Waals surface area contributed by atoms with Crippen LogP contribution < -0.4 is 28.5 Å². The fourth-order valence-corrected chi connectivity index (χ4v) is 10.4. The number of aryl methyl sites for hydroxylation is 4. The molecule has 17 heteroatoms. The number of carbonyl (C=O) groups excluding carboxylic acids is 2. The van der Waals surface area contributed by atoms with Gasteiger partial charge in [0, 0.05) is 118 Å². The van der Waals surface area contributed by atoms with Gasteiger partial charge in [-0.1, -0.05) is 64.1 Å². The van der Waals surface area contributed by atoms with Crippen molar-refractivity contribution in [2.24, 2.45) is 28.6 Å². The Morgan fingerprint density at radius 1 is 0.758 bits per heavy atom. The molecule has 4 nitrogen and oxygen atoms in total. The van der Waals surface area contributed by atoms with E-state index in [0.717, 1.165) is 61.5 Å². The number of pyridine rings is 2. The molecule has 4 aromatic rings. The second kappa shape index (κ2) is 26.3. The van der Waals surface area contributed by atoms with Gasteiger partial charge in [-0.2, -0.15) is 4.57 Å². The van der Waals surface area contributed by atoms with Crippen molar-refractivity contribution >= 4 is 101 Å². The molecular weight excluding hydrogens is 905 g/mol. The van der Waals surface area contributed by atoms with Gasteiger partial charge in [-0.3, -0.25) is 14.6 Å². The summed E-state index contributed by atoms with van der Waals surface area (Å²) in [6.07, 6.45) is 23.1. The second-order valence-electron chi connectivity index (χ2n) is 19.5. The molecular formula is C49H57B12IN2O2. The molecule has 4 bridgehead atoms. The van der Waals surface area contributed by atoms with Gasteiger partial charge in [0.15, 0.2) is 12.4 Å². The molecule has 12 rings (SSSR count). The Kier molecular flexibility index (Phi) is 22.3. The summed E-state index contributed by atoms with van der Waals surface area (Å²) in [4.78, 5) is 27.7. The molecule has 0 spiro atoms. The molecule has 2 heterocycles. The number of rotatable bonds is 6. The summed E-state index contributed by atoms with van der Waals surface area (Å²) in [6.45, 7) is 9.85. The molecule has 2 aromatic heterocycles. The number of aldehydes is 1. The lowest BCUT2D eigenvalue weighted by Crippen LogP contribution is -3.00. The molecule has 4 atom stereocenters. The maximum Gasteiger partial charge on any atom is 0.227 e. The number of hydrogen-bond acceptors (Lipinski definition) is 3. The van der Waals surface area contributed by atoms with E-state index in [2.05, 4.69) is 115 Å². The first-order valence-electron chi connectivity index (χ1n) is 23.5. The summed E-state index contributed by atoms with van der Waals surface area (Å²) in [5.74, 6) is 3.21. The zero-order valence-corrected chi connectivity index (χ0v) is 41.8. The molecule has 8 aliphatic rings. The Labute approximate surface area is 428 Å². The predicted octanol–water partition coefficient (Wildman–Crippen LogP) is 2.66. The number of allylic oxidation sites excluding steroid dienone is 2. The number of nitrogens with zero attached hydrogens (tertiary/aromatic N) is 2. The standard InChI is InChI=1S/C22H25N.C17H18NO.C10H14O.B5.B4.B3.HI/c1-22(2)18-10-17-11-21(23-13-19(17)20(22)12-18)16-8-7-14-5-3-4-6-15(14)9-16;19-17(13-18-10-4-1-5-11-18)16-9-8-14-6-2-3-7-15(14)12-16;1-10(2)8-4-3-7(6-11)9(10)5-8;1-4-5(2)3;1-4(2)3;1-3-2;/h7-9,11,13,18,20H,3-6,10,12H2,1-2H3;1,4-5,8-12H,2-3,6-7,13H2;3,6,8-9H,4-5H2,1-2H3;;;;1H/q;+1;;;;;/p-1. The van der Waals surface area contributed by atoms with E-state index < -0.39 is 12.8 Å². The quantitative estimate of drug-likeness (QED) is 0.0984. The highest BCUT2D eigenvalue weighted by molar-refractivity contribution is 7.60. The number of benzene rings is 2. The minimum absolute atomic E-state index is 0. The summed E-state index contributed by atoms with van der Waals surface area (Å²) >= 11 is 0. The van der Waals surface area contributed by atoms with E-state index >= 15 is 0 Å². The highest BCUT2D eigenvalue weighted by atomic mass is 127. The Bertz CT molecular complexity index is 2220. The van der Waals surface area contributed by atoms with E-state index in [-0.39, 0.29) is 29.8 Å². The Morgan fingerprint density at radius 2 is 1.29 bits per heavy atom. The van der Waals surface area contributed by atoms with E-state index in [4.69, 9.17) is 28.2 Å². The predicted molar refractivity (Wildman–Crippen MR) is 282 cm³/mol. The lowest BCUT2D eigenvalue weighted by atomic mass is 8.97. The Morgan fingerprint density at radius 3 is 1.80 bits per heavy atom.